The van der Waals surface area contributed by atoms with Crippen molar-refractivity contribution in [3.8, 4) is 0 Å². The third-order valence-electron chi connectivity index (χ3n) is 2.96. The SMILES string of the molecule is CCn1ncc(Cl)c1C(NC)c1cc(Br)ccc1F. The van der Waals surface area contributed by atoms with Gasteiger partial charge in [0.15, 0.2) is 0 Å². The highest BCUT2D eigenvalue weighted by Gasteiger charge is 2.23. The summed E-state index contributed by atoms with van der Waals surface area (Å²) in [6.07, 6.45) is 1.58. The fraction of sp³-hybridized carbons (Fsp3) is 0.308. The molecule has 6 heteroatoms. The van der Waals surface area contributed by atoms with Crippen molar-refractivity contribution in [2.45, 2.75) is 19.5 Å². The van der Waals surface area contributed by atoms with E-state index >= 15 is 0 Å². The van der Waals surface area contributed by atoms with Crippen molar-refractivity contribution in [3.05, 3.63) is 51.0 Å². The predicted molar refractivity (Wildman–Crippen MR) is 77.9 cm³/mol. The lowest BCUT2D eigenvalue weighted by Gasteiger charge is -2.19. The van der Waals surface area contributed by atoms with Gasteiger partial charge in [0.1, 0.15) is 5.82 Å². The molecule has 1 heterocycles. The summed E-state index contributed by atoms with van der Waals surface area (Å²) in [5.74, 6) is -0.275. The second kappa shape index (κ2) is 6.03. The molecule has 0 amide bonds. The first-order valence-electron chi connectivity index (χ1n) is 5.91. The molecule has 0 saturated carbocycles. The normalized spacial score (nSPS) is 12.7. The molecule has 0 fully saturated rings. The van der Waals surface area contributed by atoms with Gasteiger partial charge in [0, 0.05) is 16.6 Å². The molecule has 19 heavy (non-hydrogen) atoms. The van der Waals surface area contributed by atoms with Crippen molar-refractivity contribution in [1.29, 1.82) is 0 Å². The average molecular weight is 347 g/mol. The Morgan fingerprint density at radius 1 is 1.53 bits per heavy atom. The molecule has 0 aliphatic heterocycles. The van der Waals surface area contributed by atoms with Crippen LogP contribution in [0.15, 0.2) is 28.9 Å². The highest BCUT2D eigenvalue weighted by atomic mass is 79.9. The van der Waals surface area contributed by atoms with Gasteiger partial charge in [-0.05, 0) is 32.2 Å². The molecule has 0 aliphatic rings. The van der Waals surface area contributed by atoms with Crippen LogP contribution in [-0.4, -0.2) is 16.8 Å². The fourth-order valence-corrected chi connectivity index (χ4v) is 2.72. The standard InChI is InChI=1S/C13H14BrClFN3/c1-3-19-13(10(15)7-18-19)12(17-2)9-6-8(14)4-5-11(9)16/h4-7,12,17H,3H2,1-2H3. The number of aryl methyl sites for hydroxylation is 1. The van der Waals surface area contributed by atoms with Crippen molar-refractivity contribution in [2.75, 3.05) is 7.05 Å². The van der Waals surface area contributed by atoms with Crippen LogP contribution in [0.5, 0.6) is 0 Å². The molecule has 2 aromatic rings. The van der Waals surface area contributed by atoms with Gasteiger partial charge < -0.3 is 5.32 Å². The quantitative estimate of drug-likeness (QED) is 0.913. The largest absolute Gasteiger partial charge is 0.308 e. The molecular formula is C13H14BrClFN3. The lowest BCUT2D eigenvalue weighted by Crippen LogP contribution is -2.22. The van der Waals surface area contributed by atoms with E-state index in [1.54, 1.807) is 30.1 Å². The second-order valence-electron chi connectivity index (χ2n) is 4.08. The van der Waals surface area contributed by atoms with Gasteiger partial charge in [-0.25, -0.2) is 4.39 Å². The fourth-order valence-electron chi connectivity index (χ4n) is 2.09. The molecule has 0 saturated heterocycles. The second-order valence-corrected chi connectivity index (χ2v) is 5.40. The van der Waals surface area contributed by atoms with Gasteiger partial charge in [0.2, 0.25) is 0 Å². The highest BCUT2D eigenvalue weighted by Crippen LogP contribution is 2.31. The van der Waals surface area contributed by atoms with Crippen LogP contribution in [0.2, 0.25) is 5.02 Å². The summed E-state index contributed by atoms with van der Waals surface area (Å²) in [5, 5.41) is 7.82. The molecule has 1 aromatic carbocycles. The van der Waals surface area contributed by atoms with Gasteiger partial charge >= 0.3 is 0 Å². The number of hydrogen-bond acceptors (Lipinski definition) is 2. The van der Waals surface area contributed by atoms with E-state index in [2.05, 4.69) is 26.3 Å². The molecule has 1 aromatic heterocycles. The summed E-state index contributed by atoms with van der Waals surface area (Å²) in [6, 6.07) is 4.52. The maximum atomic E-state index is 14.0. The van der Waals surface area contributed by atoms with Crippen molar-refractivity contribution >= 4 is 27.5 Å². The van der Waals surface area contributed by atoms with Crippen LogP contribution in [-0.2, 0) is 6.54 Å². The monoisotopic (exact) mass is 345 g/mol. The average Bonchev–Trinajstić information content (AvgIpc) is 2.76. The Hall–Kier alpha value is -0.910. The summed E-state index contributed by atoms with van der Waals surface area (Å²) in [4.78, 5) is 0. The molecule has 1 N–H and O–H groups in total. The number of rotatable bonds is 4. The molecule has 1 unspecified atom stereocenters. The van der Waals surface area contributed by atoms with Crippen molar-refractivity contribution in [3.63, 3.8) is 0 Å². The molecule has 3 nitrogen and oxygen atoms in total. The molecule has 1 atom stereocenters. The summed E-state index contributed by atoms with van der Waals surface area (Å²) in [6.45, 7) is 2.65. The van der Waals surface area contributed by atoms with Crippen molar-refractivity contribution in [2.24, 2.45) is 0 Å². The van der Waals surface area contributed by atoms with Gasteiger partial charge in [-0.15, -0.1) is 0 Å². The van der Waals surface area contributed by atoms with Gasteiger partial charge in [0.25, 0.3) is 0 Å². The lowest BCUT2D eigenvalue weighted by atomic mass is 10.0. The Morgan fingerprint density at radius 2 is 2.26 bits per heavy atom. The van der Waals surface area contributed by atoms with Crippen LogP contribution in [0, 0.1) is 5.82 Å². The van der Waals surface area contributed by atoms with Gasteiger partial charge in [-0.3, -0.25) is 4.68 Å². The summed E-state index contributed by atoms with van der Waals surface area (Å²) in [5.41, 5.74) is 1.30. The third kappa shape index (κ3) is 2.83. The van der Waals surface area contributed by atoms with Crippen LogP contribution in [0.25, 0.3) is 0 Å². The minimum Gasteiger partial charge on any atom is -0.308 e. The first-order valence-corrected chi connectivity index (χ1v) is 7.09. The van der Waals surface area contributed by atoms with Crippen LogP contribution in [0.4, 0.5) is 4.39 Å². The van der Waals surface area contributed by atoms with Crippen molar-refractivity contribution < 1.29 is 4.39 Å². The zero-order valence-corrected chi connectivity index (χ0v) is 13.0. The third-order valence-corrected chi connectivity index (χ3v) is 3.75. The Bertz CT molecular complexity index is 585. The first-order chi connectivity index (χ1) is 9.08. The Labute approximate surface area is 124 Å². The molecule has 0 spiro atoms. The number of halogens is 3. The zero-order valence-electron chi connectivity index (χ0n) is 10.6. The van der Waals surface area contributed by atoms with E-state index in [0.29, 0.717) is 17.1 Å². The van der Waals surface area contributed by atoms with E-state index in [-0.39, 0.29) is 11.9 Å². The summed E-state index contributed by atoms with van der Waals surface area (Å²) < 4.78 is 16.6. The zero-order chi connectivity index (χ0) is 14.0. The van der Waals surface area contributed by atoms with Crippen molar-refractivity contribution in [1.82, 2.24) is 15.1 Å². The molecule has 0 bridgehead atoms. The molecular weight excluding hydrogens is 333 g/mol. The Balaban J connectivity index is 2.56. The Kier molecular flexibility index (Phi) is 4.60. The molecule has 2 rings (SSSR count). The van der Waals surface area contributed by atoms with Crippen LogP contribution in [0.3, 0.4) is 0 Å². The molecule has 102 valence electrons. The van der Waals surface area contributed by atoms with E-state index in [1.165, 1.54) is 6.07 Å². The minimum atomic E-state index is -0.340. The molecule has 0 radical (unpaired) electrons. The van der Waals surface area contributed by atoms with Gasteiger partial charge in [-0.1, -0.05) is 27.5 Å². The number of nitrogens with one attached hydrogen (secondary N) is 1. The predicted octanol–water partition coefficient (Wildman–Crippen LogP) is 3.77. The number of hydrogen-bond donors (Lipinski definition) is 1. The smallest absolute Gasteiger partial charge is 0.128 e. The maximum Gasteiger partial charge on any atom is 0.128 e. The van der Waals surface area contributed by atoms with Crippen LogP contribution >= 0.6 is 27.5 Å². The maximum absolute atomic E-state index is 14.0. The number of aromatic nitrogens is 2. The van der Waals surface area contributed by atoms with E-state index < -0.39 is 0 Å². The highest BCUT2D eigenvalue weighted by molar-refractivity contribution is 9.10. The van der Waals surface area contributed by atoms with E-state index in [1.807, 2.05) is 6.92 Å². The summed E-state index contributed by atoms with van der Waals surface area (Å²) >= 11 is 9.54. The number of nitrogens with zero attached hydrogens (tertiary/aromatic N) is 2. The summed E-state index contributed by atoms with van der Waals surface area (Å²) in [7, 11) is 1.77. The van der Waals surface area contributed by atoms with Crippen LogP contribution in [0.1, 0.15) is 24.2 Å². The van der Waals surface area contributed by atoms with Crippen LogP contribution < -0.4 is 5.32 Å². The number of benzene rings is 1. The van der Waals surface area contributed by atoms with E-state index in [0.717, 1.165) is 10.2 Å². The van der Waals surface area contributed by atoms with Gasteiger partial charge in [0.05, 0.1) is 23.0 Å². The topological polar surface area (TPSA) is 29.9 Å². The lowest BCUT2D eigenvalue weighted by molar-refractivity contribution is 0.533. The van der Waals surface area contributed by atoms with Gasteiger partial charge in [-0.2, -0.15) is 5.10 Å². The minimum absolute atomic E-state index is 0.275. The Morgan fingerprint density at radius 3 is 2.89 bits per heavy atom. The first kappa shape index (κ1) is 14.5. The van der Waals surface area contributed by atoms with E-state index in [9.17, 15) is 4.39 Å². The molecule has 0 aliphatic carbocycles. The van der Waals surface area contributed by atoms with E-state index in [4.69, 9.17) is 11.6 Å².